The van der Waals surface area contributed by atoms with Gasteiger partial charge in [0.2, 0.25) is 0 Å². The second-order valence-corrected chi connectivity index (χ2v) is 4.92. The van der Waals surface area contributed by atoms with Crippen molar-refractivity contribution in [3.8, 4) is 0 Å². The van der Waals surface area contributed by atoms with Crippen LogP contribution in [-0.4, -0.2) is 29.2 Å². The number of hydrogen-bond donors (Lipinski definition) is 2. The Morgan fingerprint density at radius 2 is 1.96 bits per heavy atom. The van der Waals surface area contributed by atoms with Crippen LogP contribution in [0.5, 0.6) is 0 Å². The van der Waals surface area contributed by atoms with Crippen molar-refractivity contribution in [2.24, 2.45) is 0 Å². The molecule has 0 saturated heterocycles. The number of rotatable bonds is 8. The number of esters is 1. The van der Waals surface area contributed by atoms with E-state index in [4.69, 9.17) is 4.74 Å². The lowest BCUT2D eigenvalue weighted by atomic mass is 10.1. The maximum Gasteiger partial charge on any atom is 0.335 e. The molecule has 0 spiro atoms. The van der Waals surface area contributed by atoms with Crippen molar-refractivity contribution < 1.29 is 19.6 Å². The van der Waals surface area contributed by atoms with E-state index in [1.807, 2.05) is 6.92 Å². The van der Waals surface area contributed by atoms with Gasteiger partial charge in [-0.15, -0.1) is 0 Å². The highest BCUT2D eigenvalue weighted by atomic mass is 16.6. The summed E-state index contributed by atoms with van der Waals surface area (Å²) < 4.78 is 4.98. The van der Waals surface area contributed by atoms with Gasteiger partial charge in [-0.3, -0.25) is 10.1 Å². The van der Waals surface area contributed by atoms with Crippen molar-refractivity contribution in [2.45, 2.75) is 33.3 Å². The molecule has 1 unspecified atom stereocenters. The van der Waals surface area contributed by atoms with Crippen molar-refractivity contribution in [3.05, 3.63) is 51.2 Å². The summed E-state index contributed by atoms with van der Waals surface area (Å²) in [4.78, 5) is 21.9. The Bertz CT molecular complexity index is 581. The molecular formula is C16H22N2O5. The molecule has 7 heteroatoms. The van der Waals surface area contributed by atoms with Crippen LogP contribution in [0.1, 0.15) is 38.9 Å². The van der Waals surface area contributed by atoms with Crippen LogP contribution in [0, 0.1) is 10.1 Å². The van der Waals surface area contributed by atoms with Crippen LogP contribution >= 0.6 is 0 Å². The molecule has 1 aromatic carbocycles. The quantitative estimate of drug-likeness (QED) is 0.330. The molecule has 23 heavy (non-hydrogen) atoms. The van der Waals surface area contributed by atoms with E-state index in [0.29, 0.717) is 29.9 Å². The molecule has 0 aliphatic carbocycles. The molecule has 0 radical (unpaired) electrons. The van der Waals surface area contributed by atoms with E-state index in [0.717, 1.165) is 0 Å². The number of carbonyl (C=O) groups is 1. The standard InChI is InChI=1S/C16H22N2O5/c1-4-14(16(20)23-5-2)11(3)17-10-15(19)12-6-8-13(9-7-12)18(21)22/h6-9,15,17,19H,4-5,10H2,1-3H3/b14-11+. The number of nitrogens with one attached hydrogen (secondary N) is 1. The Morgan fingerprint density at radius 3 is 2.43 bits per heavy atom. The van der Waals surface area contributed by atoms with Gasteiger partial charge in [-0.05, 0) is 38.0 Å². The molecule has 7 nitrogen and oxygen atoms in total. The van der Waals surface area contributed by atoms with Crippen molar-refractivity contribution >= 4 is 11.7 Å². The normalized spacial score (nSPS) is 13.0. The fourth-order valence-corrected chi connectivity index (χ4v) is 2.07. The number of hydrogen-bond acceptors (Lipinski definition) is 6. The summed E-state index contributed by atoms with van der Waals surface area (Å²) in [5, 5.41) is 23.7. The van der Waals surface area contributed by atoms with Crippen molar-refractivity contribution in [3.63, 3.8) is 0 Å². The summed E-state index contributed by atoms with van der Waals surface area (Å²) in [7, 11) is 0. The van der Waals surface area contributed by atoms with Crippen LogP contribution in [0.3, 0.4) is 0 Å². The fraction of sp³-hybridized carbons (Fsp3) is 0.438. The van der Waals surface area contributed by atoms with Gasteiger partial charge in [0.25, 0.3) is 5.69 Å². The zero-order valence-electron chi connectivity index (χ0n) is 13.5. The second-order valence-electron chi connectivity index (χ2n) is 4.92. The molecule has 0 amide bonds. The first kappa shape index (κ1) is 18.6. The molecule has 0 aromatic heterocycles. The van der Waals surface area contributed by atoms with Gasteiger partial charge in [0.15, 0.2) is 0 Å². The smallest absolute Gasteiger partial charge is 0.335 e. The minimum absolute atomic E-state index is 0.0273. The lowest BCUT2D eigenvalue weighted by Gasteiger charge is -2.16. The Morgan fingerprint density at radius 1 is 1.35 bits per heavy atom. The molecule has 126 valence electrons. The van der Waals surface area contributed by atoms with Crippen LogP contribution in [0.15, 0.2) is 35.5 Å². The number of ether oxygens (including phenoxy) is 1. The van der Waals surface area contributed by atoms with E-state index in [1.165, 1.54) is 24.3 Å². The first-order chi connectivity index (χ1) is 10.9. The highest BCUT2D eigenvalue weighted by Crippen LogP contribution is 2.18. The van der Waals surface area contributed by atoms with Gasteiger partial charge in [-0.25, -0.2) is 4.79 Å². The minimum Gasteiger partial charge on any atom is -0.463 e. The van der Waals surface area contributed by atoms with Gasteiger partial charge in [0, 0.05) is 24.4 Å². The lowest BCUT2D eigenvalue weighted by Crippen LogP contribution is -2.23. The number of non-ortho nitro benzene ring substituents is 1. The number of aliphatic hydroxyl groups excluding tert-OH is 1. The molecule has 0 aliphatic rings. The third-order valence-electron chi connectivity index (χ3n) is 3.38. The predicted molar refractivity (Wildman–Crippen MR) is 85.7 cm³/mol. The zero-order valence-corrected chi connectivity index (χ0v) is 13.5. The Balaban J connectivity index is 2.71. The highest BCUT2D eigenvalue weighted by molar-refractivity contribution is 5.89. The third kappa shape index (κ3) is 5.37. The molecule has 0 heterocycles. The molecule has 0 bridgehead atoms. The summed E-state index contributed by atoms with van der Waals surface area (Å²) >= 11 is 0. The Labute approximate surface area is 135 Å². The number of aliphatic hydroxyl groups is 1. The SMILES string of the molecule is CCOC(=O)/C(CC)=C(\C)NCC(O)c1ccc([N+](=O)[O-])cc1. The van der Waals surface area contributed by atoms with E-state index in [9.17, 15) is 20.0 Å². The number of nitro benzene ring substituents is 1. The summed E-state index contributed by atoms with van der Waals surface area (Å²) in [6.07, 6.45) is -0.322. The van der Waals surface area contributed by atoms with Crippen LogP contribution in [-0.2, 0) is 9.53 Å². The summed E-state index contributed by atoms with van der Waals surface area (Å²) in [6, 6.07) is 5.71. The van der Waals surface area contributed by atoms with E-state index >= 15 is 0 Å². The maximum atomic E-state index is 11.8. The Hall–Kier alpha value is -2.41. The molecule has 1 atom stereocenters. The highest BCUT2D eigenvalue weighted by Gasteiger charge is 2.14. The van der Waals surface area contributed by atoms with Crippen LogP contribution in [0.2, 0.25) is 0 Å². The van der Waals surface area contributed by atoms with Crippen molar-refractivity contribution in [1.29, 1.82) is 0 Å². The summed E-state index contributed by atoms with van der Waals surface area (Å²) in [6.45, 7) is 5.84. The molecular weight excluding hydrogens is 300 g/mol. The van der Waals surface area contributed by atoms with Gasteiger partial charge in [-0.1, -0.05) is 6.92 Å². The average molecular weight is 322 g/mol. The maximum absolute atomic E-state index is 11.8. The van der Waals surface area contributed by atoms with Crippen LogP contribution < -0.4 is 5.32 Å². The van der Waals surface area contributed by atoms with Crippen LogP contribution in [0.25, 0.3) is 0 Å². The number of benzene rings is 1. The molecule has 0 fully saturated rings. The second kappa shape index (κ2) is 8.89. The van der Waals surface area contributed by atoms with E-state index < -0.39 is 11.0 Å². The predicted octanol–water partition coefficient (Wildman–Crippen LogP) is 2.46. The van der Waals surface area contributed by atoms with Gasteiger partial charge >= 0.3 is 5.97 Å². The van der Waals surface area contributed by atoms with Crippen molar-refractivity contribution in [2.75, 3.05) is 13.2 Å². The van der Waals surface area contributed by atoms with Gasteiger partial charge in [-0.2, -0.15) is 0 Å². The summed E-state index contributed by atoms with van der Waals surface area (Å²) in [5.74, 6) is -0.371. The van der Waals surface area contributed by atoms with E-state index in [2.05, 4.69) is 5.32 Å². The first-order valence-corrected chi connectivity index (χ1v) is 7.43. The molecule has 0 saturated carbocycles. The number of allylic oxidation sites excluding steroid dienone is 1. The Kier molecular flexibility index (Phi) is 7.21. The van der Waals surface area contributed by atoms with Crippen molar-refractivity contribution in [1.82, 2.24) is 5.32 Å². The zero-order chi connectivity index (χ0) is 17.4. The number of nitro groups is 1. The minimum atomic E-state index is -0.842. The number of nitrogens with zero attached hydrogens (tertiary/aromatic N) is 1. The van der Waals surface area contributed by atoms with Gasteiger partial charge in [0.1, 0.15) is 0 Å². The topological polar surface area (TPSA) is 102 Å². The largest absolute Gasteiger partial charge is 0.463 e. The molecule has 0 aliphatic heterocycles. The monoisotopic (exact) mass is 322 g/mol. The van der Waals surface area contributed by atoms with E-state index in [-0.39, 0.29) is 18.2 Å². The average Bonchev–Trinajstić information content (AvgIpc) is 2.53. The molecule has 2 N–H and O–H groups in total. The molecule has 1 rings (SSSR count). The van der Waals surface area contributed by atoms with Crippen LogP contribution in [0.4, 0.5) is 5.69 Å². The van der Waals surface area contributed by atoms with Gasteiger partial charge < -0.3 is 15.2 Å². The molecule has 1 aromatic rings. The fourth-order valence-electron chi connectivity index (χ4n) is 2.07. The van der Waals surface area contributed by atoms with E-state index in [1.54, 1.807) is 13.8 Å². The first-order valence-electron chi connectivity index (χ1n) is 7.43. The van der Waals surface area contributed by atoms with Gasteiger partial charge in [0.05, 0.1) is 23.2 Å². The number of carbonyl (C=O) groups excluding carboxylic acids is 1. The lowest BCUT2D eigenvalue weighted by molar-refractivity contribution is -0.384. The summed E-state index contributed by atoms with van der Waals surface area (Å²) in [5.41, 5.74) is 1.71. The third-order valence-corrected chi connectivity index (χ3v) is 3.38.